The van der Waals surface area contributed by atoms with Gasteiger partial charge >= 0.3 is 0 Å². The Hall–Kier alpha value is -3.78. The van der Waals surface area contributed by atoms with Gasteiger partial charge in [0, 0.05) is 35.9 Å². The fraction of sp³-hybridized carbons (Fsp3) is 0.463. The number of fused-ring (bicyclic) bond motifs is 1. The van der Waals surface area contributed by atoms with Crippen LogP contribution in [0.25, 0.3) is 33.4 Å². The molecule has 0 bridgehead atoms. The van der Waals surface area contributed by atoms with Crippen LogP contribution in [-0.2, 0) is 26.4 Å². The van der Waals surface area contributed by atoms with Gasteiger partial charge in [-0.15, -0.1) is 0 Å². The molecule has 6 rings (SSSR count). The third-order valence-corrected chi connectivity index (χ3v) is 21.6. The molecule has 2 aromatic carbocycles. The lowest BCUT2D eigenvalue weighted by Crippen LogP contribution is -2.53. The molecule has 0 aliphatic carbocycles. The first-order valence-electron chi connectivity index (χ1n) is 18.6. The normalized spacial score (nSPS) is 19.7. The topological polar surface area (TPSA) is 126 Å². The Balaban J connectivity index is 1.44. The molecule has 3 aromatic heterocycles. The molecular formula is C41H55N7O3SSi2. The molecule has 286 valence electrons. The van der Waals surface area contributed by atoms with E-state index in [2.05, 4.69) is 125 Å². The number of anilines is 1. The van der Waals surface area contributed by atoms with Gasteiger partial charge in [-0.1, -0.05) is 84.0 Å². The highest BCUT2D eigenvalue weighted by Crippen LogP contribution is 2.48. The smallest absolute Gasteiger partial charge is 0.192 e. The Labute approximate surface area is 326 Å². The van der Waals surface area contributed by atoms with E-state index >= 15 is 0 Å². The zero-order valence-electron chi connectivity index (χ0n) is 33.5. The van der Waals surface area contributed by atoms with E-state index in [4.69, 9.17) is 29.3 Å². The molecule has 0 radical (unpaired) electrons. The van der Waals surface area contributed by atoms with Gasteiger partial charge in [-0.05, 0) is 54.0 Å². The predicted molar refractivity (Wildman–Crippen MR) is 225 cm³/mol. The van der Waals surface area contributed by atoms with Gasteiger partial charge in [0.2, 0.25) is 0 Å². The Kier molecular flexibility index (Phi) is 11.1. The predicted octanol–water partition coefficient (Wildman–Crippen LogP) is 9.56. The second-order valence-electron chi connectivity index (χ2n) is 17.4. The minimum atomic E-state index is -2.37. The van der Waals surface area contributed by atoms with Crippen molar-refractivity contribution < 1.29 is 13.6 Å². The SMILES string of the molecule is Cn1cnc(-c2ccccc2)c1CSC[C@H]1O[C@@H](n2cc(-c3ccc(C#N)cc3)c3c(N)ncnc32)[C@H](O[Si](C)(C)C(C)(C)C)[C@@H]1O[Si](C)(C)C(C)(C)C. The van der Waals surface area contributed by atoms with E-state index < -0.39 is 29.0 Å². The number of ether oxygens (including phenoxy) is 1. The summed E-state index contributed by atoms with van der Waals surface area (Å²) in [5.41, 5.74) is 12.9. The fourth-order valence-corrected chi connectivity index (χ4v) is 10.1. The van der Waals surface area contributed by atoms with E-state index in [-0.39, 0.29) is 22.3 Å². The van der Waals surface area contributed by atoms with E-state index in [0.29, 0.717) is 22.8 Å². The number of aromatic nitrogens is 5. The van der Waals surface area contributed by atoms with Gasteiger partial charge in [0.1, 0.15) is 30.0 Å². The number of imidazole rings is 1. The van der Waals surface area contributed by atoms with E-state index in [0.717, 1.165) is 39.2 Å². The number of nitrogens with zero attached hydrogens (tertiary/aromatic N) is 6. The van der Waals surface area contributed by atoms with Crippen LogP contribution in [0.15, 0.2) is 73.4 Å². The lowest BCUT2D eigenvalue weighted by Gasteiger charge is -2.44. The zero-order chi connectivity index (χ0) is 39.2. The van der Waals surface area contributed by atoms with E-state index in [9.17, 15) is 5.26 Å². The minimum Gasteiger partial charge on any atom is -0.408 e. The molecule has 13 heteroatoms. The summed E-state index contributed by atoms with van der Waals surface area (Å²) in [6, 6.07) is 20.1. The molecule has 10 nitrogen and oxygen atoms in total. The third-order valence-electron chi connectivity index (χ3n) is 11.6. The molecular weight excluding hydrogens is 727 g/mol. The first-order chi connectivity index (χ1) is 25.3. The number of aryl methyl sites for hydroxylation is 1. The lowest BCUT2D eigenvalue weighted by molar-refractivity contribution is -0.0243. The highest BCUT2D eigenvalue weighted by Gasteiger charge is 2.54. The Morgan fingerprint density at radius 3 is 2.11 bits per heavy atom. The molecule has 54 heavy (non-hydrogen) atoms. The van der Waals surface area contributed by atoms with Crippen LogP contribution in [0.5, 0.6) is 0 Å². The van der Waals surface area contributed by atoms with Crippen molar-refractivity contribution in [2.24, 2.45) is 7.05 Å². The first-order valence-corrected chi connectivity index (χ1v) is 25.6. The molecule has 4 atom stereocenters. The average Bonchev–Trinajstić information content (AvgIpc) is 3.78. The van der Waals surface area contributed by atoms with Crippen molar-refractivity contribution in [2.45, 2.75) is 108 Å². The summed E-state index contributed by atoms with van der Waals surface area (Å²) in [4.78, 5) is 14.0. The number of thioether (sulfide) groups is 1. The van der Waals surface area contributed by atoms with Crippen molar-refractivity contribution in [1.29, 1.82) is 5.26 Å². The van der Waals surface area contributed by atoms with Gasteiger partial charge in [0.05, 0.1) is 40.8 Å². The van der Waals surface area contributed by atoms with Gasteiger partial charge < -0.3 is 28.5 Å². The quantitative estimate of drug-likeness (QED) is 0.130. The number of nitrogens with two attached hydrogens (primary N) is 1. The molecule has 1 saturated heterocycles. The molecule has 0 saturated carbocycles. The maximum atomic E-state index is 9.48. The van der Waals surface area contributed by atoms with Crippen LogP contribution in [0.1, 0.15) is 59.0 Å². The number of hydrogen-bond acceptors (Lipinski definition) is 9. The van der Waals surface area contributed by atoms with E-state index in [1.165, 1.54) is 6.33 Å². The number of rotatable bonds is 11. The van der Waals surface area contributed by atoms with E-state index in [1.54, 1.807) is 0 Å². The highest BCUT2D eigenvalue weighted by atomic mass is 32.2. The Morgan fingerprint density at radius 1 is 0.870 bits per heavy atom. The molecule has 1 aliphatic heterocycles. The van der Waals surface area contributed by atoms with Crippen LogP contribution in [0, 0.1) is 11.3 Å². The summed E-state index contributed by atoms with van der Waals surface area (Å²) in [6.07, 6.45) is 3.85. The third kappa shape index (κ3) is 7.83. The summed E-state index contributed by atoms with van der Waals surface area (Å²) < 4.78 is 26.3. The van der Waals surface area contributed by atoms with Crippen LogP contribution in [0.4, 0.5) is 5.82 Å². The van der Waals surface area contributed by atoms with Crippen molar-refractivity contribution in [3.63, 3.8) is 0 Å². The van der Waals surface area contributed by atoms with Crippen molar-refractivity contribution in [3.05, 3.63) is 84.7 Å². The number of nitriles is 1. The molecule has 5 aromatic rings. The molecule has 1 aliphatic rings. The monoisotopic (exact) mass is 781 g/mol. The Morgan fingerprint density at radius 2 is 1.50 bits per heavy atom. The van der Waals surface area contributed by atoms with Crippen molar-refractivity contribution in [2.75, 3.05) is 11.5 Å². The molecule has 2 N–H and O–H groups in total. The van der Waals surface area contributed by atoms with Crippen molar-refractivity contribution in [1.82, 2.24) is 24.1 Å². The van der Waals surface area contributed by atoms with Gasteiger partial charge in [-0.3, -0.25) is 0 Å². The number of benzene rings is 2. The van der Waals surface area contributed by atoms with Crippen molar-refractivity contribution >= 4 is 45.2 Å². The summed E-state index contributed by atoms with van der Waals surface area (Å²) in [7, 11) is -2.65. The van der Waals surface area contributed by atoms with Gasteiger partial charge in [0.25, 0.3) is 0 Å². The Bertz CT molecular complexity index is 2130. The van der Waals surface area contributed by atoms with Gasteiger partial charge in [0.15, 0.2) is 22.9 Å². The second kappa shape index (κ2) is 15.0. The second-order valence-corrected chi connectivity index (χ2v) is 27.9. The number of nitrogen functional groups attached to an aromatic ring is 1. The van der Waals surface area contributed by atoms with Crippen molar-refractivity contribution in [3.8, 4) is 28.5 Å². The van der Waals surface area contributed by atoms with Crippen LogP contribution in [-0.4, -0.2) is 64.8 Å². The maximum Gasteiger partial charge on any atom is 0.192 e. The highest BCUT2D eigenvalue weighted by molar-refractivity contribution is 7.98. The zero-order valence-corrected chi connectivity index (χ0v) is 36.4. The van der Waals surface area contributed by atoms with Gasteiger partial charge in [-0.25, -0.2) is 15.0 Å². The summed E-state index contributed by atoms with van der Waals surface area (Å²) in [5.74, 6) is 1.82. The molecule has 0 amide bonds. The van der Waals surface area contributed by atoms with E-state index in [1.807, 2.05) is 48.4 Å². The van der Waals surface area contributed by atoms with Crippen LogP contribution >= 0.6 is 11.8 Å². The molecule has 0 unspecified atom stereocenters. The standard InChI is InChI=1S/C41H55N7O3SSi2/c1-40(2,3)53(8,9)50-35-32(24-52-23-31-34(46-26-47(31)7)29-15-13-12-14-16-29)49-39(36(35)51-54(10,11)41(4,5)6)48-22-30(28-19-17-27(21-42)18-20-28)33-37(43)44-25-45-38(33)48/h12-20,22,25-26,32,35-36,39H,23-24H2,1-11H3,(H2,43,44,45)/t32-,35-,36-,39-/m1/s1. The molecule has 0 spiro atoms. The molecule has 4 heterocycles. The van der Waals surface area contributed by atoms with Crippen LogP contribution < -0.4 is 5.73 Å². The van der Waals surface area contributed by atoms with Gasteiger partial charge in [-0.2, -0.15) is 17.0 Å². The van der Waals surface area contributed by atoms with Crippen LogP contribution in [0.2, 0.25) is 36.3 Å². The summed E-state index contributed by atoms with van der Waals surface area (Å²) in [5, 5.41) is 10.1. The maximum absolute atomic E-state index is 9.48. The molecule has 1 fully saturated rings. The first kappa shape index (κ1) is 39.9. The fourth-order valence-electron chi connectivity index (χ4n) is 6.35. The summed E-state index contributed by atoms with van der Waals surface area (Å²) >= 11 is 1.83. The lowest BCUT2D eigenvalue weighted by atomic mass is 10.0. The average molecular weight is 782 g/mol. The number of hydrogen-bond donors (Lipinski definition) is 1. The largest absolute Gasteiger partial charge is 0.408 e. The summed E-state index contributed by atoms with van der Waals surface area (Å²) in [6.45, 7) is 22.8. The van der Waals surface area contributed by atoms with Crippen LogP contribution in [0.3, 0.4) is 0 Å². The minimum absolute atomic E-state index is 0.0336.